The average Bonchev–Trinajstić information content (AvgIpc) is 2.64. The molecular weight excluding hydrogens is 337 g/mol. The van der Waals surface area contributed by atoms with Gasteiger partial charge in [-0.2, -0.15) is 9.35 Å². The van der Waals surface area contributed by atoms with Crippen LogP contribution in [0.2, 0.25) is 0 Å². The van der Waals surface area contributed by atoms with E-state index in [1.807, 2.05) is 0 Å². The molecule has 0 saturated carbocycles. The Morgan fingerprint density at radius 2 is 2.00 bits per heavy atom. The molecule has 0 aromatic carbocycles. The van der Waals surface area contributed by atoms with Crippen LogP contribution < -0.4 is 35.1 Å². The molecule has 2 aliphatic heterocycles. The molecule has 1 aromatic rings. The quantitative estimate of drug-likeness (QED) is 0.315. The van der Waals surface area contributed by atoms with Crippen LogP contribution in [0.25, 0.3) is 5.57 Å². The second-order valence-corrected chi connectivity index (χ2v) is 6.06. The van der Waals surface area contributed by atoms with Crippen LogP contribution >= 0.6 is 0 Å². The Morgan fingerprint density at radius 1 is 1.30 bits per heavy atom. The summed E-state index contributed by atoms with van der Waals surface area (Å²) in [5.41, 5.74) is 1.31. The summed E-state index contributed by atoms with van der Waals surface area (Å²) in [6, 6.07) is 1.68. The first kappa shape index (κ1) is 18.2. The van der Waals surface area contributed by atoms with E-state index >= 15 is 0 Å². The predicted molar refractivity (Wildman–Crippen MR) is 73.0 cm³/mol. The van der Waals surface area contributed by atoms with Gasteiger partial charge in [-0.1, -0.05) is 6.08 Å². The molecule has 1 unspecified atom stereocenters. The van der Waals surface area contributed by atoms with E-state index in [1.165, 1.54) is 15.5 Å². The van der Waals surface area contributed by atoms with Crippen molar-refractivity contribution in [1.82, 2.24) is 14.5 Å². The Kier molecular flexibility index (Phi) is 5.04. The maximum absolute atomic E-state index is 12.0. The zero-order valence-corrected chi connectivity index (χ0v) is 15.3. The molecule has 1 saturated heterocycles. The zero-order chi connectivity index (χ0) is 16.1. The number of carbonyl (C=O) groups excluding carboxylic acids is 1. The molecule has 2 aliphatic rings. The van der Waals surface area contributed by atoms with Crippen molar-refractivity contribution in [3.8, 4) is 0 Å². The van der Waals surface area contributed by atoms with E-state index in [1.54, 1.807) is 25.4 Å². The van der Waals surface area contributed by atoms with Crippen LogP contribution in [0.4, 0.5) is 4.79 Å². The topological polar surface area (TPSA) is 112 Å². The Morgan fingerprint density at radius 3 is 2.61 bits per heavy atom. The largest absolute Gasteiger partial charge is 1.00 e. The monoisotopic (exact) mass is 349 g/mol. The van der Waals surface area contributed by atoms with Gasteiger partial charge < -0.3 is 14.0 Å². The fraction of sp³-hybridized carbons (Fsp3) is 0.333. The molecule has 3 rings (SSSR count). The van der Waals surface area contributed by atoms with Crippen molar-refractivity contribution in [2.45, 2.75) is 6.04 Å². The SMILES string of the molecule is Cn1cc(C2=CC3CN(C2)C(=O)N3OS(=O)(=O)[O-])ccc1=O.[Na+]. The summed E-state index contributed by atoms with van der Waals surface area (Å²) >= 11 is 0. The van der Waals surface area contributed by atoms with Gasteiger partial charge in [0.25, 0.3) is 0 Å². The maximum Gasteiger partial charge on any atom is 1.00 e. The number of aromatic nitrogens is 1. The van der Waals surface area contributed by atoms with Crippen LogP contribution in [0.15, 0.2) is 29.2 Å². The van der Waals surface area contributed by atoms with E-state index < -0.39 is 22.5 Å². The molecule has 2 amide bonds. The molecule has 1 aromatic heterocycles. The van der Waals surface area contributed by atoms with Gasteiger partial charge in [0.2, 0.25) is 16.0 Å². The summed E-state index contributed by atoms with van der Waals surface area (Å²) in [5.74, 6) is 0. The first-order chi connectivity index (χ1) is 10.2. The van der Waals surface area contributed by atoms with Crippen LogP contribution in [-0.4, -0.2) is 52.7 Å². The third kappa shape index (κ3) is 3.67. The maximum atomic E-state index is 12.0. The molecule has 1 fully saturated rings. The molecule has 0 aliphatic carbocycles. The molecule has 0 N–H and O–H groups in total. The number of hydroxylamine groups is 2. The molecule has 0 radical (unpaired) electrons. The normalized spacial score (nSPS) is 20.3. The Bertz CT molecular complexity index is 833. The number of pyridine rings is 1. The second-order valence-electron chi connectivity index (χ2n) is 5.10. The van der Waals surface area contributed by atoms with Crippen LogP contribution in [-0.2, 0) is 21.7 Å². The minimum absolute atomic E-state index is 0. The fourth-order valence-electron chi connectivity index (χ4n) is 2.56. The van der Waals surface area contributed by atoms with Crippen LogP contribution in [0.3, 0.4) is 0 Å². The van der Waals surface area contributed by atoms with E-state index in [-0.39, 0.29) is 48.2 Å². The van der Waals surface area contributed by atoms with Crippen molar-refractivity contribution in [2.24, 2.45) is 7.05 Å². The van der Waals surface area contributed by atoms with Gasteiger partial charge in [-0.3, -0.25) is 4.79 Å². The standard InChI is InChI=1S/C12H13N3O6S.Na/c1-13-5-8(2-3-11(13)16)9-4-10-7-14(6-9)12(17)15(10)21-22(18,19)20;/h2-5,10H,6-7H2,1H3,(H,18,19,20);/q;+1/p-1. The minimum atomic E-state index is -5.02. The molecule has 23 heavy (non-hydrogen) atoms. The summed E-state index contributed by atoms with van der Waals surface area (Å²) in [6.45, 7) is 0.482. The first-order valence-corrected chi connectivity index (χ1v) is 7.69. The summed E-state index contributed by atoms with van der Waals surface area (Å²) in [6.07, 6.45) is 3.28. The Labute approximate surface area is 154 Å². The number of amides is 2. The van der Waals surface area contributed by atoms with Crippen molar-refractivity contribution < 1.29 is 51.6 Å². The van der Waals surface area contributed by atoms with E-state index in [2.05, 4.69) is 4.28 Å². The van der Waals surface area contributed by atoms with Gasteiger partial charge in [-0.25, -0.2) is 13.2 Å². The summed E-state index contributed by atoms with van der Waals surface area (Å²) in [7, 11) is -3.41. The van der Waals surface area contributed by atoms with Gasteiger partial charge in [-0.15, -0.1) is 0 Å². The van der Waals surface area contributed by atoms with Gasteiger partial charge in [0.05, 0.1) is 6.04 Å². The van der Waals surface area contributed by atoms with Crippen molar-refractivity contribution in [2.75, 3.05) is 13.1 Å². The van der Waals surface area contributed by atoms with E-state index in [4.69, 9.17) is 0 Å². The predicted octanol–water partition coefficient (Wildman–Crippen LogP) is -3.72. The molecule has 118 valence electrons. The van der Waals surface area contributed by atoms with Gasteiger partial charge >= 0.3 is 35.6 Å². The number of rotatable bonds is 3. The van der Waals surface area contributed by atoms with E-state index in [9.17, 15) is 22.6 Å². The Balaban J connectivity index is 0.00000192. The molecule has 1 atom stereocenters. The molecule has 9 nitrogen and oxygen atoms in total. The van der Waals surface area contributed by atoms with Gasteiger partial charge in [0.1, 0.15) is 0 Å². The smallest absolute Gasteiger partial charge is 0.724 e. The molecule has 2 bridgehead atoms. The van der Waals surface area contributed by atoms with Crippen LogP contribution in [0.1, 0.15) is 5.56 Å². The van der Waals surface area contributed by atoms with Gasteiger partial charge in [0, 0.05) is 32.4 Å². The van der Waals surface area contributed by atoms with Crippen molar-refractivity contribution in [1.29, 1.82) is 0 Å². The summed E-state index contributed by atoms with van der Waals surface area (Å²) < 4.78 is 37.7. The number of hydrogen-bond acceptors (Lipinski definition) is 6. The number of urea groups is 1. The number of carbonyl (C=O) groups is 1. The average molecular weight is 349 g/mol. The first-order valence-electron chi connectivity index (χ1n) is 6.36. The molecular formula is C12H12N3NaO6S. The van der Waals surface area contributed by atoms with Gasteiger partial charge in [-0.05, 0) is 17.2 Å². The number of fused-ring (bicyclic) bond motifs is 2. The van der Waals surface area contributed by atoms with Crippen molar-refractivity contribution in [3.05, 3.63) is 40.3 Å². The molecule has 11 heteroatoms. The fourth-order valence-corrected chi connectivity index (χ4v) is 2.93. The minimum Gasteiger partial charge on any atom is -0.724 e. The van der Waals surface area contributed by atoms with Crippen molar-refractivity contribution in [3.63, 3.8) is 0 Å². The molecule has 3 heterocycles. The zero-order valence-electron chi connectivity index (χ0n) is 12.5. The van der Waals surface area contributed by atoms with Crippen LogP contribution in [0, 0.1) is 0 Å². The third-order valence-electron chi connectivity index (χ3n) is 3.55. The Hall–Kier alpha value is -1.17. The van der Waals surface area contributed by atoms with Crippen molar-refractivity contribution >= 4 is 22.0 Å². The summed E-state index contributed by atoms with van der Waals surface area (Å²) in [5, 5.41) is 0.567. The number of hydrogen-bond donors (Lipinski definition) is 0. The number of aryl methyl sites for hydroxylation is 1. The second kappa shape index (κ2) is 6.38. The molecule has 0 spiro atoms. The van der Waals surface area contributed by atoms with Gasteiger partial charge in [0.15, 0.2) is 0 Å². The number of nitrogens with zero attached hydrogens (tertiary/aromatic N) is 3. The van der Waals surface area contributed by atoms with Crippen LogP contribution in [0.5, 0.6) is 0 Å². The third-order valence-corrected chi connectivity index (χ3v) is 3.89. The van der Waals surface area contributed by atoms with E-state index in [0.29, 0.717) is 5.06 Å². The summed E-state index contributed by atoms with van der Waals surface area (Å²) in [4.78, 5) is 24.8. The van der Waals surface area contributed by atoms with E-state index in [0.717, 1.165) is 11.1 Å².